The highest BCUT2D eigenvalue weighted by atomic mass is 19.1. The van der Waals surface area contributed by atoms with Crippen molar-refractivity contribution >= 4 is 16.9 Å². The predicted octanol–water partition coefficient (Wildman–Crippen LogP) is 4.17. The Balaban J connectivity index is 1.77. The van der Waals surface area contributed by atoms with Crippen molar-refractivity contribution in [3.05, 3.63) is 77.4 Å². The number of nitrogens with zero attached hydrogens (tertiary/aromatic N) is 3. The summed E-state index contributed by atoms with van der Waals surface area (Å²) in [5.74, 6) is 5.20. The summed E-state index contributed by atoms with van der Waals surface area (Å²) in [4.78, 5) is 25.2. The number of carbonyl (C=O) groups excluding carboxylic acids is 1. The number of para-hydroxylation sites is 1. The van der Waals surface area contributed by atoms with E-state index in [4.69, 9.17) is 9.15 Å². The first kappa shape index (κ1) is 22.1. The van der Waals surface area contributed by atoms with Crippen molar-refractivity contribution in [2.45, 2.75) is 26.4 Å². The first-order valence-electron chi connectivity index (χ1n) is 10.2. The number of fused-ring (bicyclic) bond motifs is 1. The maximum Gasteiger partial charge on any atom is 0.357 e. The maximum atomic E-state index is 14.5. The Morgan fingerprint density at radius 1 is 1.24 bits per heavy atom. The average Bonchev–Trinajstić information content (AvgIpc) is 3.25. The van der Waals surface area contributed by atoms with Crippen LogP contribution in [-0.4, -0.2) is 32.6 Å². The number of rotatable bonds is 4. The minimum atomic E-state index is -1.59. The Morgan fingerprint density at radius 3 is 2.76 bits per heavy atom. The summed E-state index contributed by atoms with van der Waals surface area (Å²) in [5.41, 5.74) is -0.529. The fraction of sp³-hybridized carbons (Fsp3) is 0.200. The van der Waals surface area contributed by atoms with Gasteiger partial charge in [0.05, 0.1) is 12.8 Å². The van der Waals surface area contributed by atoms with Gasteiger partial charge in [-0.05, 0) is 39.0 Å². The second-order valence-corrected chi connectivity index (χ2v) is 7.43. The Kier molecular flexibility index (Phi) is 5.90. The van der Waals surface area contributed by atoms with Crippen molar-refractivity contribution in [2.75, 3.05) is 6.61 Å². The number of aromatic nitrogens is 3. The van der Waals surface area contributed by atoms with E-state index >= 15 is 0 Å². The van der Waals surface area contributed by atoms with E-state index in [1.54, 1.807) is 44.2 Å². The summed E-state index contributed by atoms with van der Waals surface area (Å²) in [7, 11) is 0. The number of hydrogen-bond donors (Lipinski definition) is 1. The van der Waals surface area contributed by atoms with E-state index in [0.29, 0.717) is 16.9 Å². The molecule has 2 heterocycles. The first-order valence-corrected chi connectivity index (χ1v) is 10.2. The molecule has 2 aromatic carbocycles. The van der Waals surface area contributed by atoms with Crippen LogP contribution in [0.5, 0.6) is 0 Å². The number of carbonyl (C=O) groups is 1. The van der Waals surface area contributed by atoms with Crippen LogP contribution < -0.4 is 0 Å². The highest BCUT2D eigenvalue weighted by Gasteiger charge is 2.26. The van der Waals surface area contributed by atoms with Crippen LogP contribution in [-0.2, 0) is 10.3 Å². The van der Waals surface area contributed by atoms with Gasteiger partial charge < -0.3 is 14.3 Å². The van der Waals surface area contributed by atoms with Gasteiger partial charge in [0.1, 0.15) is 17.1 Å². The van der Waals surface area contributed by atoms with Crippen molar-refractivity contribution < 1.29 is 23.4 Å². The van der Waals surface area contributed by atoms with Crippen LogP contribution in [0.1, 0.15) is 41.6 Å². The number of aliphatic hydroxyl groups is 1. The fourth-order valence-electron chi connectivity index (χ4n) is 3.16. The lowest BCUT2D eigenvalue weighted by atomic mass is 10.1. The van der Waals surface area contributed by atoms with Crippen LogP contribution >= 0.6 is 0 Å². The minimum absolute atomic E-state index is 0.0178. The number of esters is 1. The van der Waals surface area contributed by atoms with Crippen molar-refractivity contribution in [3.63, 3.8) is 0 Å². The summed E-state index contributed by atoms with van der Waals surface area (Å²) in [5, 5.41) is 10.9. The van der Waals surface area contributed by atoms with Crippen LogP contribution in [0.2, 0.25) is 0 Å². The van der Waals surface area contributed by atoms with Gasteiger partial charge in [-0.25, -0.2) is 24.1 Å². The standard InChI is InChI=1S/C25H20FN3O4/c1-4-32-23(30)21-18-9-6-10-19(26)20(18)28-22(29-21)17-8-5-7-16(13-17)11-12-25(3,31)24-27-14-15(2)33-24/h5-10,13-14,31H,4H2,1-3H3/t25-/m0/s1. The Hall–Kier alpha value is -4.09. The quantitative estimate of drug-likeness (QED) is 0.372. The molecule has 1 N–H and O–H groups in total. The zero-order valence-corrected chi connectivity index (χ0v) is 18.2. The minimum Gasteiger partial charge on any atom is -0.461 e. The monoisotopic (exact) mass is 445 g/mol. The molecule has 4 aromatic rings. The number of ether oxygens (including phenoxy) is 1. The lowest BCUT2D eigenvalue weighted by Crippen LogP contribution is -2.18. The molecule has 8 heteroatoms. The second kappa shape index (κ2) is 8.81. The number of oxazole rings is 1. The highest BCUT2D eigenvalue weighted by Crippen LogP contribution is 2.25. The molecule has 0 amide bonds. The average molecular weight is 445 g/mol. The van der Waals surface area contributed by atoms with Crippen LogP contribution in [0, 0.1) is 24.6 Å². The SMILES string of the molecule is CCOC(=O)c1nc(-c2cccc(C#C[C@](C)(O)c3ncc(C)o3)c2)nc2c(F)cccc12. The first-order chi connectivity index (χ1) is 15.8. The van der Waals surface area contributed by atoms with E-state index < -0.39 is 17.4 Å². The normalized spacial score (nSPS) is 12.6. The van der Waals surface area contributed by atoms with Gasteiger partial charge in [-0.2, -0.15) is 0 Å². The Labute approximate surface area is 189 Å². The lowest BCUT2D eigenvalue weighted by molar-refractivity contribution is 0.0522. The molecule has 0 unspecified atom stereocenters. The zero-order valence-electron chi connectivity index (χ0n) is 18.2. The zero-order chi connectivity index (χ0) is 23.6. The van der Waals surface area contributed by atoms with Gasteiger partial charge in [0, 0.05) is 16.5 Å². The summed E-state index contributed by atoms with van der Waals surface area (Å²) in [6.07, 6.45) is 1.50. The van der Waals surface area contributed by atoms with Gasteiger partial charge in [-0.15, -0.1) is 0 Å². The molecular weight excluding hydrogens is 425 g/mol. The van der Waals surface area contributed by atoms with E-state index in [-0.39, 0.29) is 34.9 Å². The van der Waals surface area contributed by atoms with Gasteiger partial charge in [0.15, 0.2) is 17.1 Å². The molecule has 0 aliphatic heterocycles. The topological polar surface area (TPSA) is 98.3 Å². The van der Waals surface area contributed by atoms with Crippen LogP contribution in [0.15, 0.2) is 53.1 Å². The summed E-state index contributed by atoms with van der Waals surface area (Å²) >= 11 is 0. The predicted molar refractivity (Wildman–Crippen MR) is 119 cm³/mol. The Morgan fingerprint density at radius 2 is 2.03 bits per heavy atom. The molecule has 4 rings (SSSR count). The largest absolute Gasteiger partial charge is 0.461 e. The molecule has 0 saturated carbocycles. The molecule has 33 heavy (non-hydrogen) atoms. The third-order valence-electron chi connectivity index (χ3n) is 4.75. The molecule has 1 atom stereocenters. The van der Waals surface area contributed by atoms with Crippen molar-refractivity contribution in [1.82, 2.24) is 15.0 Å². The third-order valence-corrected chi connectivity index (χ3v) is 4.75. The van der Waals surface area contributed by atoms with Crippen molar-refractivity contribution in [3.8, 4) is 23.2 Å². The number of benzene rings is 2. The molecule has 0 saturated heterocycles. The van der Waals surface area contributed by atoms with Crippen LogP contribution in [0.3, 0.4) is 0 Å². The second-order valence-electron chi connectivity index (χ2n) is 7.43. The Bertz CT molecular complexity index is 1420. The summed E-state index contributed by atoms with van der Waals surface area (Å²) < 4.78 is 25.0. The molecule has 0 radical (unpaired) electrons. The molecule has 0 spiro atoms. The highest BCUT2D eigenvalue weighted by molar-refractivity contribution is 6.02. The van der Waals surface area contributed by atoms with E-state index in [0.717, 1.165) is 0 Å². The molecule has 0 aliphatic carbocycles. The lowest BCUT2D eigenvalue weighted by Gasteiger charge is -2.11. The summed E-state index contributed by atoms with van der Waals surface area (Å²) in [6, 6.07) is 11.2. The van der Waals surface area contributed by atoms with Crippen LogP contribution in [0.25, 0.3) is 22.3 Å². The number of aryl methyl sites for hydroxylation is 1. The van der Waals surface area contributed by atoms with Crippen molar-refractivity contribution in [1.29, 1.82) is 0 Å². The third kappa shape index (κ3) is 4.59. The fourth-order valence-corrected chi connectivity index (χ4v) is 3.16. The molecule has 0 aliphatic rings. The van der Waals surface area contributed by atoms with Crippen LogP contribution in [0.4, 0.5) is 4.39 Å². The van der Waals surface area contributed by atoms with Gasteiger partial charge >= 0.3 is 5.97 Å². The maximum absolute atomic E-state index is 14.5. The van der Waals surface area contributed by atoms with E-state index in [9.17, 15) is 14.3 Å². The molecule has 0 fully saturated rings. The molecule has 166 valence electrons. The number of hydrogen-bond acceptors (Lipinski definition) is 7. The molecular formula is C25H20FN3O4. The smallest absolute Gasteiger partial charge is 0.357 e. The molecule has 7 nitrogen and oxygen atoms in total. The molecule has 2 aromatic heterocycles. The van der Waals surface area contributed by atoms with Gasteiger partial charge in [-0.3, -0.25) is 0 Å². The van der Waals surface area contributed by atoms with Crippen molar-refractivity contribution in [2.24, 2.45) is 0 Å². The van der Waals surface area contributed by atoms with E-state index in [1.165, 1.54) is 25.3 Å². The molecule has 0 bridgehead atoms. The van der Waals surface area contributed by atoms with Gasteiger partial charge in [-0.1, -0.05) is 36.1 Å². The van der Waals surface area contributed by atoms with E-state index in [2.05, 4.69) is 26.8 Å². The van der Waals surface area contributed by atoms with E-state index in [1.807, 2.05) is 0 Å². The summed E-state index contributed by atoms with van der Waals surface area (Å²) in [6.45, 7) is 5.04. The van der Waals surface area contributed by atoms with Gasteiger partial charge in [0.25, 0.3) is 0 Å². The van der Waals surface area contributed by atoms with Gasteiger partial charge in [0.2, 0.25) is 5.89 Å². The number of halogens is 1.